The van der Waals surface area contributed by atoms with E-state index in [4.69, 9.17) is 10.1 Å². The van der Waals surface area contributed by atoms with Crippen molar-refractivity contribution >= 4 is 18.1 Å². The number of hydrogen-bond donors (Lipinski definition) is 0. The Bertz CT molecular complexity index is 508. The molecule has 0 radical (unpaired) electrons. The Kier molecular flexibility index (Phi) is 5.12. The standard InChI is InChI=1S/C13H11NS.CH2O/c1-2-10-3-5-11(6-4-10)12-7-8-15-13(12)9-14;1-2/h3-8H,2H2,1H3;1H2. The summed E-state index contributed by atoms with van der Waals surface area (Å²) < 4.78 is 0. The first kappa shape index (κ1) is 13.1. The summed E-state index contributed by atoms with van der Waals surface area (Å²) in [6.07, 6.45) is 1.05. The highest BCUT2D eigenvalue weighted by molar-refractivity contribution is 7.11. The Hall–Kier alpha value is -1.92. The van der Waals surface area contributed by atoms with E-state index in [-0.39, 0.29) is 0 Å². The van der Waals surface area contributed by atoms with Gasteiger partial charge in [-0.25, -0.2) is 0 Å². The number of nitrogens with zero attached hydrogens (tertiary/aromatic N) is 1. The van der Waals surface area contributed by atoms with Gasteiger partial charge in [0, 0.05) is 5.56 Å². The van der Waals surface area contributed by atoms with Crippen LogP contribution in [0.1, 0.15) is 17.4 Å². The molecule has 0 bridgehead atoms. The molecule has 0 amide bonds. The van der Waals surface area contributed by atoms with E-state index in [9.17, 15) is 0 Å². The first-order valence-electron chi connectivity index (χ1n) is 5.21. The van der Waals surface area contributed by atoms with Gasteiger partial charge in [-0.1, -0.05) is 31.2 Å². The van der Waals surface area contributed by atoms with Gasteiger partial charge in [-0.2, -0.15) is 5.26 Å². The maximum atomic E-state index is 8.93. The summed E-state index contributed by atoms with van der Waals surface area (Å²) >= 11 is 1.49. The number of nitriles is 1. The van der Waals surface area contributed by atoms with E-state index < -0.39 is 0 Å². The minimum atomic E-state index is 0.791. The van der Waals surface area contributed by atoms with E-state index in [2.05, 4.69) is 37.3 Å². The molecule has 2 rings (SSSR count). The first-order valence-corrected chi connectivity index (χ1v) is 6.09. The van der Waals surface area contributed by atoms with E-state index in [1.165, 1.54) is 16.9 Å². The lowest BCUT2D eigenvalue weighted by Crippen LogP contribution is -1.81. The fourth-order valence-electron chi connectivity index (χ4n) is 1.54. The number of rotatable bonds is 2. The molecule has 0 saturated carbocycles. The maximum Gasteiger partial charge on any atom is 0.112 e. The first-order chi connectivity index (χ1) is 8.35. The number of thiophene rings is 1. The molecular formula is C14H13NOS. The van der Waals surface area contributed by atoms with Crippen LogP contribution in [-0.2, 0) is 11.2 Å². The molecule has 1 heterocycles. The lowest BCUT2D eigenvalue weighted by Gasteiger charge is -2.00. The number of benzene rings is 1. The molecule has 17 heavy (non-hydrogen) atoms. The zero-order valence-corrected chi connectivity index (χ0v) is 10.5. The normalized spacial score (nSPS) is 8.94. The van der Waals surface area contributed by atoms with Crippen LogP contribution >= 0.6 is 11.3 Å². The Morgan fingerprint density at radius 1 is 1.24 bits per heavy atom. The van der Waals surface area contributed by atoms with Crippen LogP contribution in [0, 0.1) is 11.3 Å². The van der Waals surface area contributed by atoms with Crippen molar-refractivity contribution in [3.8, 4) is 17.2 Å². The van der Waals surface area contributed by atoms with Gasteiger partial charge in [0.05, 0.1) is 0 Å². The second kappa shape index (κ2) is 6.62. The molecule has 0 unspecified atom stereocenters. The van der Waals surface area contributed by atoms with Crippen molar-refractivity contribution in [1.29, 1.82) is 5.26 Å². The highest BCUT2D eigenvalue weighted by atomic mass is 32.1. The molecule has 0 saturated heterocycles. The van der Waals surface area contributed by atoms with Crippen LogP contribution in [0.3, 0.4) is 0 Å². The van der Waals surface area contributed by atoms with Crippen molar-refractivity contribution < 1.29 is 4.79 Å². The molecule has 0 aliphatic carbocycles. The summed E-state index contributed by atoms with van der Waals surface area (Å²) in [6.45, 7) is 4.14. The SMILES string of the molecule is C=O.CCc1ccc(-c2ccsc2C#N)cc1. The van der Waals surface area contributed by atoms with E-state index in [0.717, 1.165) is 22.4 Å². The predicted octanol–water partition coefficient (Wildman–Crippen LogP) is 3.66. The van der Waals surface area contributed by atoms with Gasteiger partial charge in [-0.3, -0.25) is 0 Å². The van der Waals surface area contributed by atoms with Gasteiger partial charge in [-0.05, 0) is 29.0 Å². The van der Waals surface area contributed by atoms with Gasteiger partial charge in [0.25, 0.3) is 0 Å². The van der Waals surface area contributed by atoms with Gasteiger partial charge >= 0.3 is 0 Å². The zero-order valence-electron chi connectivity index (χ0n) is 9.64. The molecule has 0 fully saturated rings. The largest absolute Gasteiger partial charge is 0.307 e. The summed E-state index contributed by atoms with van der Waals surface area (Å²) in [5.41, 5.74) is 3.50. The molecule has 2 nitrogen and oxygen atoms in total. The second-order valence-corrected chi connectivity index (χ2v) is 4.24. The van der Waals surface area contributed by atoms with Crippen LogP contribution in [0.4, 0.5) is 0 Å². The average molecular weight is 243 g/mol. The Balaban J connectivity index is 0.000000686. The van der Waals surface area contributed by atoms with Gasteiger partial charge in [0.2, 0.25) is 0 Å². The summed E-state index contributed by atoms with van der Waals surface area (Å²) in [6, 6.07) is 12.6. The fourth-order valence-corrected chi connectivity index (χ4v) is 2.25. The van der Waals surface area contributed by atoms with Gasteiger partial charge in [0.1, 0.15) is 17.7 Å². The van der Waals surface area contributed by atoms with Crippen molar-refractivity contribution in [3.05, 3.63) is 46.2 Å². The Morgan fingerprint density at radius 3 is 2.41 bits per heavy atom. The van der Waals surface area contributed by atoms with Crippen LogP contribution in [0.5, 0.6) is 0 Å². The highest BCUT2D eigenvalue weighted by Crippen LogP contribution is 2.27. The third kappa shape index (κ3) is 3.02. The summed E-state index contributed by atoms with van der Waals surface area (Å²) in [7, 11) is 0. The summed E-state index contributed by atoms with van der Waals surface area (Å²) in [5.74, 6) is 0. The van der Waals surface area contributed by atoms with Crippen LogP contribution in [-0.4, -0.2) is 6.79 Å². The highest BCUT2D eigenvalue weighted by Gasteiger charge is 2.05. The number of carbonyl (C=O) groups is 1. The minimum Gasteiger partial charge on any atom is -0.307 e. The van der Waals surface area contributed by atoms with Gasteiger partial charge in [0.15, 0.2) is 0 Å². The van der Waals surface area contributed by atoms with Gasteiger partial charge in [-0.15, -0.1) is 11.3 Å². The third-order valence-corrected chi connectivity index (χ3v) is 3.26. The van der Waals surface area contributed by atoms with Gasteiger partial charge < -0.3 is 4.79 Å². The molecule has 0 N–H and O–H groups in total. The molecular weight excluding hydrogens is 230 g/mol. The molecule has 86 valence electrons. The lowest BCUT2D eigenvalue weighted by atomic mass is 10.0. The predicted molar refractivity (Wildman–Crippen MR) is 71.0 cm³/mol. The smallest absolute Gasteiger partial charge is 0.112 e. The average Bonchev–Trinajstić information content (AvgIpc) is 2.89. The lowest BCUT2D eigenvalue weighted by molar-refractivity contribution is -0.0979. The quantitative estimate of drug-likeness (QED) is 0.807. The van der Waals surface area contributed by atoms with Crippen molar-refractivity contribution in [2.75, 3.05) is 0 Å². The van der Waals surface area contributed by atoms with Crippen LogP contribution in [0.2, 0.25) is 0 Å². The van der Waals surface area contributed by atoms with Crippen molar-refractivity contribution in [3.63, 3.8) is 0 Å². The van der Waals surface area contributed by atoms with Crippen molar-refractivity contribution in [1.82, 2.24) is 0 Å². The van der Waals surface area contributed by atoms with E-state index in [1.807, 2.05) is 18.2 Å². The minimum absolute atomic E-state index is 0.791. The Morgan fingerprint density at radius 2 is 1.88 bits per heavy atom. The van der Waals surface area contributed by atoms with E-state index in [0.29, 0.717) is 0 Å². The molecule has 1 aromatic heterocycles. The third-order valence-electron chi connectivity index (χ3n) is 2.44. The molecule has 3 heteroatoms. The summed E-state index contributed by atoms with van der Waals surface area (Å²) in [5, 5.41) is 10.9. The van der Waals surface area contributed by atoms with Crippen LogP contribution in [0.25, 0.3) is 11.1 Å². The zero-order chi connectivity index (χ0) is 12.7. The monoisotopic (exact) mass is 243 g/mol. The van der Waals surface area contributed by atoms with Crippen molar-refractivity contribution in [2.24, 2.45) is 0 Å². The second-order valence-electron chi connectivity index (χ2n) is 3.33. The number of hydrogen-bond acceptors (Lipinski definition) is 3. The number of aryl methyl sites for hydroxylation is 1. The van der Waals surface area contributed by atoms with E-state index >= 15 is 0 Å². The molecule has 0 aliphatic heterocycles. The topological polar surface area (TPSA) is 40.9 Å². The maximum absolute atomic E-state index is 8.93. The molecule has 0 spiro atoms. The van der Waals surface area contributed by atoms with Crippen molar-refractivity contribution in [2.45, 2.75) is 13.3 Å². The number of carbonyl (C=O) groups excluding carboxylic acids is 1. The fraction of sp³-hybridized carbons (Fsp3) is 0.143. The molecule has 0 atom stereocenters. The van der Waals surface area contributed by atoms with Crippen LogP contribution < -0.4 is 0 Å². The molecule has 0 aliphatic rings. The summed E-state index contributed by atoms with van der Waals surface area (Å²) in [4.78, 5) is 8.79. The Labute approximate surface area is 105 Å². The van der Waals surface area contributed by atoms with E-state index in [1.54, 1.807) is 0 Å². The molecule has 1 aromatic carbocycles. The molecule has 2 aromatic rings. The van der Waals surface area contributed by atoms with Crippen LogP contribution in [0.15, 0.2) is 35.7 Å².